The number of benzene rings is 6. The van der Waals surface area contributed by atoms with E-state index in [4.69, 9.17) is 4.74 Å². The summed E-state index contributed by atoms with van der Waals surface area (Å²) in [5.74, 6) is -0.615. The second-order valence-corrected chi connectivity index (χ2v) is 18.1. The molecule has 0 saturated heterocycles. The van der Waals surface area contributed by atoms with Gasteiger partial charge in [0, 0.05) is 28.1 Å². The van der Waals surface area contributed by atoms with Crippen molar-refractivity contribution in [2.45, 2.75) is 88.9 Å². The average molecular weight is 861 g/mol. The highest BCUT2D eigenvalue weighted by molar-refractivity contribution is 6.20. The summed E-state index contributed by atoms with van der Waals surface area (Å²) in [7, 11) is 0. The smallest absolute Gasteiger partial charge is 0.309 e. The summed E-state index contributed by atoms with van der Waals surface area (Å²) < 4.78 is 7.64. The Morgan fingerprint density at radius 3 is 2.11 bits per heavy atom. The minimum atomic E-state index is -0.857. The Kier molecular flexibility index (Phi) is 12.5. The number of fused-ring (bicyclic) bond motifs is 12. The minimum absolute atomic E-state index is 0.0416. The van der Waals surface area contributed by atoms with Crippen molar-refractivity contribution in [2.24, 2.45) is 5.92 Å². The third-order valence-corrected chi connectivity index (χ3v) is 14.6. The summed E-state index contributed by atoms with van der Waals surface area (Å²) in [5.41, 5.74) is 5.70. The van der Waals surface area contributed by atoms with Crippen LogP contribution in [0.5, 0.6) is 0 Å². The molecule has 3 unspecified atom stereocenters. The van der Waals surface area contributed by atoms with E-state index in [2.05, 4.69) is 169 Å². The van der Waals surface area contributed by atoms with Gasteiger partial charge in [-0.3, -0.25) is 9.59 Å². The lowest BCUT2D eigenvalue weighted by molar-refractivity contribution is -0.435. The second kappa shape index (κ2) is 18.7. The normalized spacial score (nSPS) is 21.1. The van der Waals surface area contributed by atoms with E-state index < -0.39 is 16.8 Å². The molecule has 0 amide bonds. The van der Waals surface area contributed by atoms with Crippen LogP contribution in [0.2, 0.25) is 0 Å². The monoisotopic (exact) mass is 860 g/mol. The van der Waals surface area contributed by atoms with Gasteiger partial charge in [-0.25, -0.2) is 0 Å². The molecule has 7 heteroatoms. The van der Waals surface area contributed by atoms with Gasteiger partial charge in [0.05, 0.1) is 35.5 Å². The first-order valence-electron chi connectivity index (χ1n) is 23.6. The number of ether oxygens (including phenoxy) is 1. The molecule has 0 aromatic heterocycles. The third kappa shape index (κ3) is 7.53. The molecule has 1 aliphatic carbocycles. The summed E-state index contributed by atoms with van der Waals surface area (Å²) in [6.07, 6.45) is 23.9. The molecular formula is C58H58N3O4+. The quantitative estimate of drug-likeness (QED) is 0.0245. The van der Waals surface area contributed by atoms with Crippen molar-refractivity contribution in [1.82, 2.24) is 0 Å². The number of allylic oxidation sites excluding steroid dienone is 8. The average Bonchev–Trinajstić information content (AvgIpc) is 3.76. The zero-order valence-corrected chi connectivity index (χ0v) is 37.6. The zero-order valence-electron chi connectivity index (χ0n) is 37.6. The van der Waals surface area contributed by atoms with Crippen LogP contribution in [-0.4, -0.2) is 47.5 Å². The molecule has 1 N–H and O–H groups in total. The van der Waals surface area contributed by atoms with Crippen molar-refractivity contribution < 1.29 is 24.0 Å². The fourth-order valence-electron chi connectivity index (χ4n) is 11.8. The van der Waals surface area contributed by atoms with E-state index in [0.29, 0.717) is 13.0 Å². The van der Waals surface area contributed by atoms with Crippen LogP contribution in [0.3, 0.4) is 0 Å². The highest BCUT2D eigenvalue weighted by Gasteiger charge is 2.53. The fourth-order valence-corrected chi connectivity index (χ4v) is 11.8. The Balaban J connectivity index is 1.23. The molecule has 0 saturated carbocycles. The lowest BCUT2D eigenvalue weighted by Gasteiger charge is -2.38. The predicted octanol–water partition coefficient (Wildman–Crippen LogP) is 13.3. The molecule has 65 heavy (non-hydrogen) atoms. The molecular weight excluding hydrogens is 803 g/mol. The topological polar surface area (TPSA) is 93.6 Å². The summed E-state index contributed by atoms with van der Waals surface area (Å²) in [6.45, 7) is 6.18. The van der Waals surface area contributed by atoms with Crippen LogP contribution in [0.4, 0.5) is 11.4 Å². The summed E-state index contributed by atoms with van der Waals surface area (Å²) in [4.78, 5) is 26.3. The van der Waals surface area contributed by atoms with Gasteiger partial charge in [-0.2, -0.15) is 9.84 Å². The molecule has 2 aliphatic heterocycles. The maximum atomic E-state index is 12.4. The van der Waals surface area contributed by atoms with E-state index >= 15 is 0 Å². The van der Waals surface area contributed by atoms with Crippen molar-refractivity contribution in [1.29, 1.82) is 5.26 Å². The molecule has 3 aliphatic rings. The fraction of sp³-hybridized carbons (Fsp3) is 0.310. The zero-order chi connectivity index (χ0) is 45.0. The first-order chi connectivity index (χ1) is 31.9. The molecule has 0 radical (unpaired) electrons. The van der Waals surface area contributed by atoms with Gasteiger partial charge in [0.1, 0.15) is 13.0 Å². The summed E-state index contributed by atoms with van der Waals surface area (Å²) >= 11 is 0. The van der Waals surface area contributed by atoms with Gasteiger partial charge >= 0.3 is 5.97 Å². The Labute approximate surface area is 382 Å². The first kappa shape index (κ1) is 43.5. The molecule has 6 aromatic carbocycles. The van der Waals surface area contributed by atoms with E-state index in [-0.39, 0.29) is 31.9 Å². The number of nitrogens with zero attached hydrogens (tertiary/aromatic N) is 3. The van der Waals surface area contributed by atoms with Crippen LogP contribution in [-0.2, 0) is 25.2 Å². The Morgan fingerprint density at radius 2 is 1.48 bits per heavy atom. The lowest BCUT2D eigenvalue weighted by atomic mass is 9.66. The van der Waals surface area contributed by atoms with E-state index in [0.717, 1.165) is 95.6 Å². The molecule has 3 atom stereocenters. The number of hydrogen-bond donors (Lipinski definition) is 1. The lowest BCUT2D eigenvalue weighted by Crippen LogP contribution is -2.36. The number of hydrogen-bond acceptors (Lipinski definition) is 5. The van der Waals surface area contributed by atoms with Gasteiger partial charge in [0.15, 0.2) is 12.3 Å². The highest BCUT2D eigenvalue weighted by atomic mass is 16.5. The molecule has 7 nitrogen and oxygen atoms in total. The number of unbranched alkanes of at least 4 members (excludes halogenated alkanes) is 3. The van der Waals surface area contributed by atoms with Gasteiger partial charge in [0.25, 0.3) is 6.47 Å². The summed E-state index contributed by atoms with van der Waals surface area (Å²) in [5, 5.41) is 30.2. The molecule has 9 rings (SSSR count). The molecule has 0 spiro atoms. The second-order valence-electron chi connectivity index (χ2n) is 18.1. The number of anilines is 1. The largest absolute Gasteiger partial charge is 0.481 e. The van der Waals surface area contributed by atoms with Crippen LogP contribution in [0.15, 0.2) is 145 Å². The first-order valence-corrected chi connectivity index (χ1v) is 23.6. The van der Waals surface area contributed by atoms with Gasteiger partial charge in [-0.15, -0.1) is 0 Å². The summed E-state index contributed by atoms with van der Waals surface area (Å²) in [6, 6.07) is 37.0. The number of carboxylic acid groups (broad SMARTS) is 1. The van der Waals surface area contributed by atoms with E-state index in [1.807, 2.05) is 0 Å². The number of carbonyl (C=O) groups excluding carboxylic acids is 1. The van der Waals surface area contributed by atoms with Gasteiger partial charge in [0.2, 0.25) is 5.69 Å². The number of aliphatic carboxylic acids is 1. The number of nitriles is 1. The van der Waals surface area contributed by atoms with E-state index in [9.17, 15) is 20.0 Å². The predicted molar refractivity (Wildman–Crippen MR) is 265 cm³/mol. The minimum Gasteiger partial charge on any atom is -0.481 e. The van der Waals surface area contributed by atoms with Crippen molar-refractivity contribution in [3.8, 4) is 6.07 Å². The molecule has 0 fully saturated rings. The Hall–Kier alpha value is -6.78. The van der Waals surface area contributed by atoms with E-state index in [1.165, 1.54) is 32.8 Å². The number of carbonyl (C=O) groups is 2. The molecule has 328 valence electrons. The van der Waals surface area contributed by atoms with Gasteiger partial charge in [-0.05, 0) is 88.5 Å². The number of rotatable bonds is 17. The SMILES string of the molecule is CCCCCCC1(CC#N)C(/C=C/C=C/C=C2\N(CCOC=O)c3c(c4ccccc4c4ccccc34)C2(C)C2C=CCCC2)=[N+](CCC(=O)O)c2c1c1ccccc1c1ccccc21. The Bertz CT molecular complexity index is 3020. The maximum Gasteiger partial charge on any atom is 0.309 e. The van der Waals surface area contributed by atoms with Crippen molar-refractivity contribution >= 4 is 72.6 Å². The number of carboxylic acids is 1. The molecule has 0 bridgehead atoms. The van der Waals surface area contributed by atoms with Crippen molar-refractivity contribution in [2.75, 3.05) is 24.6 Å². The van der Waals surface area contributed by atoms with Crippen LogP contribution in [0, 0.1) is 17.2 Å². The van der Waals surface area contributed by atoms with Crippen molar-refractivity contribution in [3.63, 3.8) is 0 Å². The van der Waals surface area contributed by atoms with Crippen LogP contribution in [0.25, 0.3) is 43.1 Å². The highest BCUT2D eigenvalue weighted by Crippen LogP contribution is 2.59. The Morgan fingerprint density at radius 1 is 0.846 bits per heavy atom. The maximum absolute atomic E-state index is 12.4. The van der Waals surface area contributed by atoms with Crippen LogP contribution < -0.4 is 4.90 Å². The van der Waals surface area contributed by atoms with Crippen LogP contribution >= 0.6 is 0 Å². The van der Waals surface area contributed by atoms with Gasteiger partial charge < -0.3 is 14.7 Å². The van der Waals surface area contributed by atoms with Crippen LogP contribution in [0.1, 0.15) is 89.2 Å². The standard InChI is InChI=1S/C58H57N3O4/c1-3-4-5-20-34-58(35-36-59)51(60(37-33-52(63)64)56-49-30-19-15-26-45(49)43-24-13-17-28-47(43)54(56)58)32-11-7-10-31-50-57(2,41-21-8-6-9-22-41)53-46-27-16-12-23-42(46)44-25-14-18-29-48(44)55(53)61(50)38-39-65-40-62/h7-8,10-19,21,23-32,40-41H,3-6,9,20,22,33-35,37-39H2,1-2H3/p+1. The van der Waals surface area contributed by atoms with Crippen molar-refractivity contribution in [3.05, 3.63) is 156 Å². The van der Waals surface area contributed by atoms with E-state index in [1.54, 1.807) is 0 Å². The molecule has 2 heterocycles. The third-order valence-electron chi connectivity index (χ3n) is 14.6. The molecule has 6 aromatic rings. The van der Waals surface area contributed by atoms with Gasteiger partial charge in [-0.1, -0.05) is 154 Å².